The quantitative estimate of drug-likeness (QED) is 0.529. The zero-order chi connectivity index (χ0) is 20.0. The second-order valence-electron chi connectivity index (χ2n) is 5.80. The Labute approximate surface area is 169 Å². The number of rotatable bonds is 6. The molecule has 0 saturated carbocycles. The van der Waals surface area contributed by atoms with E-state index >= 15 is 0 Å². The number of esters is 1. The number of anilines is 2. The lowest BCUT2D eigenvalue weighted by molar-refractivity contribution is -0.117. The zero-order valence-electron chi connectivity index (χ0n) is 15.4. The first-order chi connectivity index (χ1) is 12.8. The summed E-state index contributed by atoms with van der Waals surface area (Å²) in [5, 5.41) is 0.391. The number of halogens is 1. The molecule has 0 aliphatic heterocycles. The van der Waals surface area contributed by atoms with Gasteiger partial charge in [0.2, 0.25) is 5.91 Å². The molecule has 27 heavy (non-hydrogen) atoms. The molecule has 0 aliphatic rings. The van der Waals surface area contributed by atoms with Crippen LogP contribution in [0.25, 0.3) is 0 Å². The van der Waals surface area contributed by atoms with Crippen molar-refractivity contribution in [3.05, 3.63) is 59.1 Å². The lowest BCUT2D eigenvalue weighted by Gasteiger charge is -2.24. The van der Waals surface area contributed by atoms with E-state index in [1.54, 1.807) is 31.0 Å². The second kappa shape index (κ2) is 9.48. The van der Waals surface area contributed by atoms with Crippen LogP contribution in [-0.2, 0) is 9.53 Å². The van der Waals surface area contributed by atoms with Gasteiger partial charge >= 0.3 is 5.97 Å². The predicted molar refractivity (Wildman–Crippen MR) is 113 cm³/mol. The zero-order valence-corrected chi connectivity index (χ0v) is 17.0. The van der Waals surface area contributed by atoms with Crippen LogP contribution in [-0.4, -0.2) is 37.6 Å². The molecule has 0 saturated heterocycles. The Morgan fingerprint density at radius 2 is 1.74 bits per heavy atom. The van der Waals surface area contributed by atoms with E-state index in [0.29, 0.717) is 15.7 Å². The third-order valence-electron chi connectivity index (χ3n) is 4.01. The Morgan fingerprint density at radius 1 is 1.07 bits per heavy atom. The molecule has 2 aromatic rings. The van der Waals surface area contributed by atoms with Crippen molar-refractivity contribution in [3.8, 4) is 0 Å². The van der Waals surface area contributed by atoms with Gasteiger partial charge in [-0.1, -0.05) is 42.0 Å². The molecule has 0 bridgehead atoms. The summed E-state index contributed by atoms with van der Waals surface area (Å²) >= 11 is 11.4. The molecule has 0 radical (unpaired) electrons. The highest BCUT2D eigenvalue weighted by molar-refractivity contribution is 7.80. The Balaban J connectivity index is 2.17. The van der Waals surface area contributed by atoms with E-state index in [1.807, 2.05) is 37.4 Å². The summed E-state index contributed by atoms with van der Waals surface area (Å²) in [7, 11) is 3.41. The van der Waals surface area contributed by atoms with E-state index in [4.69, 9.17) is 28.6 Å². The van der Waals surface area contributed by atoms with Crippen molar-refractivity contribution >= 4 is 52.1 Å². The van der Waals surface area contributed by atoms with Crippen molar-refractivity contribution in [2.45, 2.75) is 13.3 Å². The second-order valence-corrected chi connectivity index (χ2v) is 6.71. The van der Waals surface area contributed by atoms with Crippen LogP contribution in [0.2, 0.25) is 5.02 Å². The van der Waals surface area contributed by atoms with Gasteiger partial charge < -0.3 is 14.5 Å². The maximum Gasteiger partial charge on any atom is 0.340 e. The Kier molecular flexibility index (Phi) is 7.33. The number of nitrogens with zero attached hydrogens (tertiary/aromatic N) is 2. The summed E-state index contributed by atoms with van der Waals surface area (Å²) in [5.41, 5.74) is 1.56. The average Bonchev–Trinajstić information content (AvgIpc) is 2.67. The summed E-state index contributed by atoms with van der Waals surface area (Å²) in [6, 6.07) is 14.3. The van der Waals surface area contributed by atoms with Crippen molar-refractivity contribution in [1.82, 2.24) is 0 Å². The summed E-state index contributed by atoms with van der Waals surface area (Å²) < 4.78 is 5.06. The first kappa shape index (κ1) is 20.9. The van der Waals surface area contributed by atoms with E-state index in [0.717, 1.165) is 5.69 Å². The van der Waals surface area contributed by atoms with Gasteiger partial charge in [0.25, 0.3) is 0 Å². The molecule has 0 spiro atoms. The topological polar surface area (TPSA) is 49.9 Å². The lowest BCUT2D eigenvalue weighted by Crippen LogP contribution is -2.34. The molecule has 2 aromatic carbocycles. The third kappa shape index (κ3) is 5.28. The molecule has 0 fully saturated rings. The molecule has 7 heteroatoms. The molecular formula is C20H21ClN2O3S. The first-order valence-electron chi connectivity index (χ1n) is 8.40. The van der Waals surface area contributed by atoms with E-state index in [1.165, 1.54) is 11.0 Å². The minimum Gasteiger partial charge on any atom is -0.462 e. The van der Waals surface area contributed by atoms with Gasteiger partial charge in [0.05, 0.1) is 29.3 Å². The molecule has 0 aliphatic carbocycles. The van der Waals surface area contributed by atoms with Gasteiger partial charge in [-0.2, -0.15) is 0 Å². The number of benzene rings is 2. The molecule has 142 valence electrons. The van der Waals surface area contributed by atoms with Crippen LogP contribution < -0.4 is 9.80 Å². The Hall–Kier alpha value is -2.44. The van der Waals surface area contributed by atoms with Crippen LogP contribution in [0, 0.1) is 0 Å². The fourth-order valence-electron chi connectivity index (χ4n) is 2.47. The number of carbonyl (C=O) groups excluding carboxylic acids is 2. The maximum absolute atomic E-state index is 12.7. The van der Waals surface area contributed by atoms with Gasteiger partial charge in [0, 0.05) is 24.8 Å². The van der Waals surface area contributed by atoms with Crippen molar-refractivity contribution in [2.24, 2.45) is 0 Å². The maximum atomic E-state index is 12.7. The minimum atomic E-state index is -0.529. The summed E-state index contributed by atoms with van der Waals surface area (Å²) in [6.07, 6.45) is 0.0299. The van der Waals surface area contributed by atoms with Crippen LogP contribution in [0.1, 0.15) is 23.7 Å². The van der Waals surface area contributed by atoms with Crippen LogP contribution in [0.4, 0.5) is 11.4 Å². The van der Waals surface area contributed by atoms with Gasteiger partial charge in [-0.3, -0.25) is 4.79 Å². The minimum absolute atomic E-state index is 0.0299. The molecule has 1 amide bonds. The van der Waals surface area contributed by atoms with E-state index < -0.39 is 5.97 Å². The summed E-state index contributed by atoms with van der Waals surface area (Å²) in [5.74, 6) is -0.769. The van der Waals surface area contributed by atoms with Crippen molar-refractivity contribution < 1.29 is 14.3 Å². The SMILES string of the molecule is CCOC(=O)c1cc(Cl)ccc1N(C)C(=O)CC(=S)N(C)c1ccccc1. The van der Waals surface area contributed by atoms with Crippen LogP contribution in [0.5, 0.6) is 0 Å². The van der Waals surface area contributed by atoms with E-state index in [9.17, 15) is 9.59 Å². The molecule has 0 N–H and O–H groups in total. The molecule has 2 rings (SSSR count). The number of thiocarbonyl (C=S) groups is 1. The molecule has 0 atom stereocenters. The van der Waals surface area contributed by atoms with Crippen molar-refractivity contribution in [2.75, 3.05) is 30.5 Å². The number of hydrogen-bond donors (Lipinski definition) is 0. The third-order valence-corrected chi connectivity index (χ3v) is 4.66. The lowest BCUT2D eigenvalue weighted by atomic mass is 10.1. The Morgan fingerprint density at radius 3 is 2.37 bits per heavy atom. The monoisotopic (exact) mass is 404 g/mol. The van der Waals surface area contributed by atoms with Gasteiger partial charge in [-0.25, -0.2) is 4.79 Å². The fourth-order valence-corrected chi connectivity index (χ4v) is 2.87. The van der Waals surface area contributed by atoms with Crippen LogP contribution in [0.15, 0.2) is 48.5 Å². The highest BCUT2D eigenvalue weighted by Gasteiger charge is 2.22. The fraction of sp³-hybridized carbons (Fsp3) is 0.250. The molecule has 0 heterocycles. The highest BCUT2D eigenvalue weighted by atomic mass is 35.5. The molecule has 0 unspecified atom stereocenters. The van der Waals surface area contributed by atoms with Gasteiger partial charge in [-0.15, -0.1) is 0 Å². The van der Waals surface area contributed by atoms with E-state index in [-0.39, 0.29) is 24.5 Å². The Bertz CT molecular complexity index is 842. The predicted octanol–water partition coefficient (Wildman–Crippen LogP) is 4.33. The number of amides is 1. The van der Waals surface area contributed by atoms with Gasteiger partial charge in [0.1, 0.15) is 0 Å². The van der Waals surface area contributed by atoms with Crippen LogP contribution in [0.3, 0.4) is 0 Å². The molecule has 0 aromatic heterocycles. The van der Waals surface area contributed by atoms with Crippen molar-refractivity contribution in [3.63, 3.8) is 0 Å². The summed E-state index contributed by atoms with van der Waals surface area (Å²) in [4.78, 5) is 28.6. The molecular weight excluding hydrogens is 384 g/mol. The number of carbonyl (C=O) groups is 2. The van der Waals surface area contributed by atoms with Crippen molar-refractivity contribution in [1.29, 1.82) is 0 Å². The largest absolute Gasteiger partial charge is 0.462 e. The summed E-state index contributed by atoms with van der Waals surface area (Å²) in [6.45, 7) is 1.95. The standard InChI is InChI=1S/C20H21ClN2O3S/c1-4-26-20(25)16-12-14(21)10-11-17(16)23(3)18(24)13-19(27)22(2)15-8-6-5-7-9-15/h5-12H,4,13H2,1-3H3. The number of hydrogen-bond acceptors (Lipinski definition) is 4. The molecule has 5 nitrogen and oxygen atoms in total. The average molecular weight is 405 g/mol. The van der Waals surface area contributed by atoms with Gasteiger partial charge in [-0.05, 0) is 37.3 Å². The highest BCUT2D eigenvalue weighted by Crippen LogP contribution is 2.25. The van der Waals surface area contributed by atoms with E-state index in [2.05, 4.69) is 0 Å². The normalized spacial score (nSPS) is 10.2. The number of para-hydroxylation sites is 1. The van der Waals surface area contributed by atoms with Crippen LogP contribution >= 0.6 is 23.8 Å². The van der Waals surface area contributed by atoms with Gasteiger partial charge in [0.15, 0.2) is 0 Å². The first-order valence-corrected chi connectivity index (χ1v) is 9.18. The smallest absolute Gasteiger partial charge is 0.340 e. The number of ether oxygens (including phenoxy) is 1.